The Morgan fingerprint density at radius 3 is 2.51 bits per heavy atom. The molecular formula is C31H36N6O5S. The number of primary amides is 1. The van der Waals surface area contributed by atoms with Crippen LogP contribution < -0.4 is 15.8 Å². The highest BCUT2D eigenvalue weighted by atomic mass is 32.2. The van der Waals surface area contributed by atoms with Crippen molar-refractivity contribution in [3.8, 4) is 11.1 Å². The van der Waals surface area contributed by atoms with Crippen molar-refractivity contribution in [3.05, 3.63) is 82.1 Å². The van der Waals surface area contributed by atoms with Crippen molar-refractivity contribution in [1.29, 1.82) is 0 Å². The third-order valence-electron chi connectivity index (χ3n) is 7.95. The maximum absolute atomic E-state index is 13.5. The van der Waals surface area contributed by atoms with Gasteiger partial charge < -0.3 is 20.1 Å². The summed E-state index contributed by atoms with van der Waals surface area (Å²) in [5.74, 6) is -0.504. The van der Waals surface area contributed by atoms with E-state index >= 15 is 0 Å². The standard InChI is InChI=1S/C31H36N6O5S/c1-5-21-16-20(17-37-27(29(32)39)24(6-2)34-30(37)28(38)25-11-9-15-33-25)13-14-22(21)23-10-7-8-12-26(23)43(40,41)36-31-18(3)19(4)35-42-31/h7-8,10,12-14,16,25,33,36H,5-6,9,11,15,17H2,1-4H3,(H2,32,39)/t25-/m0/s1. The highest BCUT2D eigenvalue weighted by Crippen LogP contribution is 2.33. The zero-order chi connectivity index (χ0) is 30.9. The van der Waals surface area contributed by atoms with Crippen LogP contribution in [0.25, 0.3) is 11.1 Å². The molecule has 0 saturated carbocycles. The second kappa shape index (κ2) is 12.1. The molecule has 0 bridgehead atoms. The number of ketones is 1. The number of carbonyl (C=O) groups is 2. The number of hydrogen-bond acceptors (Lipinski definition) is 8. The van der Waals surface area contributed by atoms with E-state index in [4.69, 9.17) is 10.3 Å². The Balaban J connectivity index is 1.54. The van der Waals surface area contributed by atoms with E-state index in [0.29, 0.717) is 41.8 Å². The van der Waals surface area contributed by atoms with Crippen LogP contribution in [0, 0.1) is 13.8 Å². The highest BCUT2D eigenvalue weighted by Gasteiger charge is 2.31. The summed E-state index contributed by atoms with van der Waals surface area (Å²) in [5.41, 5.74) is 10.7. The van der Waals surface area contributed by atoms with E-state index in [9.17, 15) is 18.0 Å². The van der Waals surface area contributed by atoms with Crippen LogP contribution in [-0.2, 0) is 29.4 Å². The van der Waals surface area contributed by atoms with Crippen molar-refractivity contribution in [1.82, 2.24) is 20.0 Å². The van der Waals surface area contributed by atoms with Crippen LogP contribution in [0.1, 0.15) is 75.9 Å². The molecule has 0 spiro atoms. The number of rotatable bonds is 11. The van der Waals surface area contributed by atoms with Gasteiger partial charge in [0.1, 0.15) is 5.69 Å². The van der Waals surface area contributed by atoms with E-state index in [1.54, 1.807) is 42.7 Å². The summed E-state index contributed by atoms with van der Waals surface area (Å²) in [5, 5.41) is 7.07. The van der Waals surface area contributed by atoms with Crippen LogP contribution in [0.15, 0.2) is 51.9 Å². The lowest BCUT2D eigenvalue weighted by atomic mass is 9.96. The van der Waals surface area contributed by atoms with E-state index < -0.39 is 15.9 Å². The zero-order valence-corrected chi connectivity index (χ0v) is 25.5. The van der Waals surface area contributed by atoms with Gasteiger partial charge in [0.05, 0.1) is 22.3 Å². The number of benzene rings is 2. The van der Waals surface area contributed by atoms with Crippen molar-refractivity contribution in [2.45, 2.75) is 70.9 Å². The highest BCUT2D eigenvalue weighted by molar-refractivity contribution is 7.92. The van der Waals surface area contributed by atoms with Crippen LogP contribution in [0.2, 0.25) is 0 Å². The number of sulfonamides is 1. The van der Waals surface area contributed by atoms with Crippen LogP contribution in [0.3, 0.4) is 0 Å². The van der Waals surface area contributed by atoms with Crippen LogP contribution in [-0.4, -0.2) is 47.4 Å². The number of aromatic nitrogens is 3. The van der Waals surface area contributed by atoms with Crippen LogP contribution in [0.5, 0.6) is 0 Å². The van der Waals surface area contributed by atoms with Gasteiger partial charge in [-0.05, 0) is 68.8 Å². The van der Waals surface area contributed by atoms with Crippen LogP contribution >= 0.6 is 0 Å². The lowest BCUT2D eigenvalue weighted by Crippen LogP contribution is -2.33. The topological polar surface area (TPSA) is 162 Å². The lowest BCUT2D eigenvalue weighted by molar-refractivity contribution is 0.0937. The molecule has 3 heterocycles. The average molecular weight is 605 g/mol. The Morgan fingerprint density at radius 2 is 1.88 bits per heavy atom. The molecule has 1 fully saturated rings. The van der Waals surface area contributed by atoms with Gasteiger partial charge in [-0.25, -0.2) is 18.1 Å². The first-order valence-corrected chi connectivity index (χ1v) is 15.9. The van der Waals surface area contributed by atoms with E-state index in [1.807, 2.05) is 32.0 Å². The first kappa shape index (κ1) is 30.2. The van der Waals surface area contributed by atoms with Gasteiger partial charge in [0.25, 0.3) is 15.9 Å². The quantitative estimate of drug-likeness (QED) is 0.215. The number of nitrogens with one attached hydrogen (secondary N) is 2. The molecule has 12 heteroatoms. The van der Waals surface area contributed by atoms with Gasteiger partial charge in [-0.1, -0.05) is 55.4 Å². The third kappa shape index (κ3) is 5.84. The lowest BCUT2D eigenvalue weighted by Gasteiger charge is -2.17. The molecule has 1 aliphatic rings. The molecule has 0 unspecified atom stereocenters. The Kier molecular flexibility index (Phi) is 8.52. The normalized spacial score (nSPS) is 15.1. The smallest absolute Gasteiger partial charge is 0.267 e. The molecule has 4 N–H and O–H groups in total. The summed E-state index contributed by atoms with van der Waals surface area (Å²) in [6.45, 7) is 8.30. The summed E-state index contributed by atoms with van der Waals surface area (Å²) < 4.78 is 36.4. The summed E-state index contributed by atoms with van der Waals surface area (Å²) >= 11 is 0. The Labute approximate surface area is 250 Å². The van der Waals surface area contributed by atoms with Crippen molar-refractivity contribution < 1.29 is 22.5 Å². The SMILES string of the molecule is CCc1cc(Cn2c(C(=O)[C@@H]3CCCN3)nc(CC)c2C(N)=O)ccc1-c1ccccc1S(=O)(=O)Nc1onc(C)c1C. The molecule has 1 atom stereocenters. The predicted molar refractivity (Wildman–Crippen MR) is 163 cm³/mol. The van der Waals surface area contributed by atoms with Crippen molar-refractivity contribution in [3.63, 3.8) is 0 Å². The van der Waals surface area contributed by atoms with Gasteiger partial charge in [-0.3, -0.25) is 9.59 Å². The Bertz CT molecular complexity index is 1800. The fraction of sp³-hybridized carbons (Fsp3) is 0.355. The summed E-state index contributed by atoms with van der Waals surface area (Å²) in [6, 6.07) is 12.1. The number of amides is 1. The minimum Gasteiger partial charge on any atom is -0.364 e. The number of aryl methyl sites for hydroxylation is 3. The molecule has 11 nitrogen and oxygen atoms in total. The monoisotopic (exact) mass is 604 g/mol. The minimum atomic E-state index is -4.01. The predicted octanol–water partition coefficient (Wildman–Crippen LogP) is 4.16. The summed E-state index contributed by atoms with van der Waals surface area (Å²) in [6.07, 6.45) is 2.66. The Morgan fingerprint density at radius 1 is 1.12 bits per heavy atom. The second-order valence-corrected chi connectivity index (χ2v) is 12.4. The number of nitrogens with zero attached hydrogens (tertiary/aromatic N) is 3. The number of hydrogen-bond donors (Lipinski definition) is 3. The number of Topliss-reactive ketones (excluding diaryl/α,β-unsaturated/α-hetero) is 1. The maximum atomic E-state index is 13.5. The van der Waals surface area contributed by atoms with Crippen molar-refractivity contribution in [2.75, 3.05) is 11.3 Å². The molecule has 43 heavy (non-hydrogen) atoms. The molecule has 0 radical (unpaired) electrons. The molecule has 5 rings (SSSR count). The van der Waals surface area contributed by atoms with Crippen molar-refractivity contribution >= 4 is 27.6 Å². The van der Waals surface area contributed by atoms with E-state index in [0.717, 1.165) is 29.7 Å². The largest absolute Gasteiger partial charge is 0.364 e. The first-order chi connectivity index (χ1) is 20.6. The third-order valence-corrected chi connectivity index (χ3v) is 9.34. The number of anilines is 1. The fourth-order valence-electron chi connectivity index (χ4n) is 5.53. The molecular weight excluding hydrogens is 568 g/mol. The number of carbonyl (C=O) groups excluding carboxylic acids is 2. The van der Waals surface area contributed by atoms with Gasteiger partial charge in [0.2, 0.25) is 11.7 Å². The second-order valence-electron chi connectivity index (χ2n) is 10.7. The van der Waals surface area contributed by atoms with E-state index in [1.165, 1.54) is 0 Å². The van der Waals surface area contributed by atoms with Crippen LogP contribution in [0.4, 0.5) is 5.88 Å². The number of nitrogens with two attached hydrogens (primary N) is 1. The first-order valence-electron chi connectivity index (χ1n) is 14.4. The van der Waals surface area contributed by atoms with Gasteiger partial charge >= 0.3 is 0 Å². The summed E-state index contributed by atoms with van der Waals surface area (Å²) in [7, 11) is -4.01. The van der Waals surface area contributed by atoms with Gasteiger partial charge in [0.15, 0.2) is 5.82 Å². The number of imidazole rings is 1. The molecule has 0 aliphatic carbocycles. The van der Waals surface area contributed by atoms with E-state index in [2.05, 4.69) is 20.2 Å². The maximum Gasteiger partial charge on any atom is 0.267 e. The minimum absolute atomic E-state index is 0.0774. The molecule has 226 valence electrons. The zero-order valence-electron chi connectivity index (χ0n) is 24.7. The molecule has 2 aromatic carbocycles. The molecule has 1 amide bonds. The molecule has 1 aliphatic heterocycles. The van der Waals surface area contributed by atoms with Crippen molar-refractivity contribution in [2.24, 2.45) is 5.73 Å². The Hall–Kier alpha value is -4.29. The van der Waals surface area contributed by atoms with Gasteiger partial charge in [-0.15, -0.1) is 0 Å². The average Bonchev–Trinajstić information content (AvgIpc) is 3.73. The van der Waals surface area contributed by atoms with Gasteiger partial charge in [0, 0.05) is 17.7 Å². The molecule has 1 saturated heterocycles. The molecule has 4 aromatic rings. The fourth-order valence-corrected chi connectivity index (χ4v) is 6.79. The summed E-state index contributed by atoms with van der Waals surface area (Å²) in [4.78, 5) is 30.7. The molecule has 2 aromatic heterocycles. The van der Waals surface area contributed by atoms with Gasteiger partial charge in [-0.2, -0.15) is 0 Å². The van der Waals surface area contributed by atoms with E-state index in [-0.39, 0.29) is 40.7 Å².